The Labute approximate surface area is 111 Å². The van der Waals surface area contributed by atoms with Crippen LogP contribution in [0.2, 0.25) is 0 Å². The Bertz CT molecular complexity index is 341. The van der Waals surface area contributed by atoms with Crippen molar-refractivity contribution in [3.05, 3.63) is 36.9 Å². The maximum atomic E-state index is 5.17. The van der Waals surface area contributed by atoms with Gasteiger partial charge in [0, 0.05) is 11.7 Å². The summed E-state index contributed by atoms with van der Waals surface area (Å²) in [4.78, 5) is 0. The van der Waals surface area contributed by atoms with Crippen LogP contribution in [0.25, 0.3) is 0 Å². The van der Waals surface area contributed by atoms with Gasteiger partial charge in [0.1, 0.15) is 5.75 Å². The fourth-order valence-electron chi connectivity index (χ4n) is 2.31. The largest absolute Gasteiger partial charge is 0.497 e. The van der Waals surface area contributed by atoms with Crippen molar-refractivity contribution in [2.75, 3.05) is 12.4 Å². The molecule has 0 aliphatic carbocycles. The van der Waals surface area contributed by atoms with Crippen molar-refractivity contribution in [2.45, 2.75) is 39.2 Å². The molecule has 1 aromatic rings. The Morgan fingerprint density at radius 1 is 1.22 bits per heavy atom. The Kier molecular flexibility index (Phi) is 6.34. The second-order valence-electron chi connectivity index (χ2n) is 4.58. The van der Waals surface area contributed by atoms with E-state index in [1.165, 1.54) is 12.8 Å². The highest BCUT2D eigenvalue weighted by Crippen LogP contribution is 2.22. The third-order valence-corrected chi connectivity index (χ3v) is 3.48. The van der Waals surface area contributed by atoms with Crippen LogP contribution >= 0.6 is 0 Å². The summed E-state index contributed by atoms with van der Waals surface area (Å²) in [5, 5.41) is 3.61. The Hall–Kier alpha value is -1.44. The van der Waals surface area contributed by atoms with Gasteiger partial charge in [-0.1, -0.05) is 32.8 Å². The van der Waals surface area contributed by atoms with Crippen molar-refractivity contribution in [1.29, 1.82) is 0 Å². The van der Waals surface area contributed by atoms with E-state index in [1.54, 1.807) is 7.11 Å². The number of nitrogens with one attached hydrogen (secondary N) is 1. The second kappa shape index (κ2) is 7.80. The molecule has 0 aliphatic heterocycles. The molecule has 0 aliphatic rings. The molecule has 0 fully saturated rings. The zero-order valence-electron chi connectivity index (χ0n) is 11.8. The Balaban J connectivity index is 2.72. The molecule has 0 radical (unpaired) electrons. The average molecular weight is 247 g/mol. The van der Waals surface area contributed by atoms with Crippen molar-refractivity contribution >= 4 is 5.69 Å². The van der Waals surface area contributed by atoms with Crippen LogP contribution in [0, 0.1) is 5.92 Å². The highest BCUT2D eigenvalue weighted by atomic mass is 16.5. The first-order chi connectivity index (χ1) is 8.74. The number of benzene rings is 1. The fourth-order valence-corrected chi connectivity index (χ4v) is 2.31. The quantitative estimate of drug-likeness (QED) is 0.683. The number of rotatable bonds is 8. The molecule has 1 unspecified atom stereocenters. The van der Waals surface area contributed by atoms with Crippen molar-refractivity contribution in [3.8, 4) is 5.75 Å². The summed E-state index contributed by atoms with van der Waals surface area (Å²) < 4.78 is 5.17. The molecule has 0 amide bonds. The van der Waals surface area contributed by atoms with Gasteiger partial charge in [-0.15, -0.1) is 6.58 Å². The van der Waals surface area contributed by atoms with Crippen LogP contribution in [0.5, 0.6) is 5.75 Å². The Morgan fingerprint density at radius 3 is 2.28 bits per heavy atom. The van der Waals surface area contributed by atoms with Crippen molar-refractivity contribution in [3.63, 3.8) is 0 Å². The van der Waals surface area contributed by atoms with Crippen LogP contribution in [-0.4, -0.2) is 13.2 Å². The summed E-state index contributed by atoms with van der Waals surface area (Å²) in [5.74, 6) is 1.58. The van der Waals surface area contributed by atoms with Crippen molar-refractivity contribution in [2.24, 2.45) is 5.92 Å². The van der Waals surface area contributed by atoms with Gasteiger partial charge in [0.05, 0.1) is 7.11 Å². The second-order valence-corrected chi connectivity index (χ2v) is 4.58. The van der Waals surface area contributed by atoms with Gasteiger partial charge in [0.15, 0.2) is 0 Å². The first-order valence-electron chi connectivity index (χ1n) is 6.76. The lowest BCUT2D eigenvalue weighted by molar-refractivity contribution is 0.413. The molecule has 0 bridgehead atoms. The van der Waals surface area contributed by atoms with E-state index < -0.39 is 0 Å². The normalized spacial score (nSPS) is 12.2. The number of ether oxygens (including phenoxy) is 1. The van der Waals surface area contributed by atoms with Crippen LogP contribution in [-0.2, 0) is 0 Å². The summed E-state index contributed by atoms with van der Waals surface area (Å²) in [6.07, 6.45) is 5.38. The topological polar surface area (TPSA) is 21.3 Å². The predicted molar refractivity (Wildman–Crippen MR) is 79.3 cm³/mol. The highest BCUT2D eigenvalue weighted by Gasteiger charge is 2.16. The van der Waals surface area contributed by atoms with Crippen LogP contribution in [0.15, 0.2) is 36.9 Å². The molecular weight excluding hydrogens is 222 g/mol. The molecule has 0 heterocycles. The Morgan fingerprint density at radius 2 is 1.83 bits per heavy atom. The smallest absolute Gasteiger partial charge is 0.119 e. The fraction of sp³-hybridized carbons (Fsp3) is 0.500. The molecule has 0 spiro atoms. The summed E-state index contributed by atoms with van der Waals surface area (Å²) in [7, 11) is 1.69. The van der Waals surface area contributed by atoms with Gasteiger partial charge < -0.3 is 10.1 Å². The maximum Gasteiger partial charge on any atom is 0.119 e. The van der Waals surface area contributed by atoms with Gasteiger partial charge >= 0.3 is 0 Å². The summed E-state index contributed by atoms with van der Waals surface area (Å²) in [5.41, 5.74) is 1.15. The number of methoxy groups -OCH3 is 1. The van der Waals surface area contributed by atoms with Gasteiger partial charge in [0.2, 0.25) is 0 Å². The van der Waals surface area contributed by atoms with Gasteiger partial charge in [-0.3, -0.25) is 0 Å². The van der Waals surface area contributed by atoms with Crippen molar-refractivity contribution in [1.82, 2.24) is 0 Å². The molecule has 2 heteroatoms. The van der Waals surface area contributed by atoms with E-state index in [2.05, 4.69) is 37.9 Å². The number of hydrogen-bond acceptors (Lipinski definition) is 2. The van der Waals surface area contributed by atoms with Gasteiger partial charge in [-0.25, -0.2) is 0 Å². The predicted octanol–water partition coefficient (Wildman–Crippen LogP) is 4.49. The summed E-state index contributed by atoms with van der Waals surface area (Å²) >= 11 is 0. The lowest BCUT2D eigenvalue weighted by Gasteiger charge is -2.26. The molecule has 0 saturated carbocycles. The first kappa shape index (κ1) is 14.6. The standard InChI is InChI=1S/C16H25NO/c1-5-8-16(13(6-2)7-3)17-14-9-11-15(18-4)12-10-14/h5,9-13,16-17H,1,6-8H2,2-4H3. The highest BCUT2D eigenvalue weighted by molar-refractivity contribution is 5.47. The molecule has 1 atom stereocenters. The first-order valence-corrected chi connectivity index (χ1v) is 6.76. The van der Waals surface area contributed by atoms with Gasteiger partial charge in [-0.05, 0) is 36.6 Å². The monoisotopic (exact) mass is 247 g/mol. The minimum absolute atomic E-state index is 0.464. The number of hydrogen-bond donors (Lipinski definition) is 1. The maximum absolute atomic E-state index is 5.17. The molecule has 100 valence electrons. The summed E-state index contributed by atoms with van der Waals surface area (Å²) in [6.45, 7) is 8.36. The molecule has 18 heavy (non-hydrogen) atoms. The molecule has 0 saturated heterocycles. The van der Waals surface area contributed by atoms with Gasteiger partial charge in [0.25, 0.3) is 0 Å². The molecule has 1 N–H and O–H groups in total. The molecule has 0 aromatic heterocycles. The minimum Gasteiger partial charge on any atom is -0.497 e. The lowest BCUT2D eigenvalue weighted by atomic mass is 9.91. The van der Waals surface area contributed by atoms with E-state index in [0.29, 0.717) is 12.0 Å². The van der Waals surface area contributed by atoms with E-state index >= 15 is 0 Å². The molecular formula is C16H25NO. The lowest BCUT2D eigenvalue weighted by Crippen LogP contribution is -2.27. The van der Waals surface area contributed by atoms with Crippen LogP contribution in [0.3, 0.4) is 0 Å². The van der Waals surface area contributed by atoms with E-state index in [4.69, 9.17) is 4.74 Å². The zero-order chi connectivity index (χ0) is 13.4. The molecule has 1 aromatic carbocycles. The molecule has 2 nitrogen and oxygen atoms in total. The van der Waals surface area contributed by atoms with E-state index in [1.807, 2.05) is 18.2 Å². The minimum atomic E-state index is 0.464. The van der Waals surface area contributed by atoms with E-state index in [9.17, 15) is 0 Å². The van der Waals surface area contributed by atoms with Crippen LogP contribution in [0.4, 0.5) is 5.69 Å². The third kappa shape index (κ3) is 4.10. The molecule has 1 rings (SSSR count). The summed E-state index contributed by atoms with van der Waals surface area (Å²) in [6, 6.07) is 8.57. The SMILES string of the molecule is C=CCC(Nc1ccc(OC)cc1)C(CC)CC. The van der Waals surface area contributed by atoms with Gasteiger partial charge in [-0.2, -0.15) is 0 Å². The zero-order valence-corrected chi connectivity index (χ0v) is 11.8. The number of anilines is 1. The van der Waals surface area contributed by atoms with Crippen LogP contribution in [0.1, 0.15) is 33.1 Å². The third-order valence-electron chi connectivity index (χ3n) is 3.48. The van der Waals surface area contributed by atoms with E-state index in [-0.39, 0.29) is 0 Å². The van der Waals surface area contributed by atoms with E-state index in [0.717, 1.165) is 17.9 Å². The van der Waals surface area contributed by atoms with Crippen molar-refractivity contribution < 1.29 is 4.74 Å². The average Bonchev–Trinajstić information content (AvgIpc) is 2.41. The van der Waals surface area contributed by atoms with Crippen LogP contribution < -0.4 is 10.1 Å².